The predicted octanol–water partition coefficient (Wildman–Crippen LogP) is 5.52. The summed E-state index contributed by atoms with van der Waals surface area (Å²) in [6.07, 6.45) is 0. The molecule has 0 saturated carbocycles. The molecule has 1 aliphatic rings. The number of benzene rings is 6. The molecule has 4 heteroatoms. The zero-order valence-corrected chi connectivity index (χ0v) is 25.6. The van der Waals surface area contributed by atoms with E-state index in [4.69, 9.17) is 0 Å². The second-order valence-corrected chi connectivity index (χ2v) is 19.0. The third-order valence-electron chi connectivity index (χ3n) is 8.63. The highest BCUT2D eigenvalue weighted by Gasteiger charge is 2.73. The van der Waals surface area contributed by atoms with Crippen LogP contribution in [0.5, 0.6) is 0 Å². The molecular formula is C38H34N2Si2. The van der Waals surface area contributed by atoms with Gasteiger partial charge in [-0.25, -0.2) is 0 Å². The normalized spacial score (nSPS) is 16.0. The van der Waals surface area contributed by atoms with Crippen LogP contribution < -0.4 is 20.7 Å². The molecular weight excluding hydrogens is 541 g/mol. The molecule has 6 aromatic carbocycles. The van der Waals surface area contributed by atoms with E-state index in [9.17, 15) is 0 Å². The van der Waals surface area contributed by atoms with Crippen molar-refractivity contribution in [1.29, 1.82) is 0 Å². The molecule has 0 amide bonds. The molecule has 42 heavy (non-hydrogen) atoms. The van der Waals surface area contributed by atoms with Crippen LogP contribution in [-0.4, -0.2) is 25.3 Å². The summed E-state index contributed by atoms with van der Waals surface area (Å²) >= 11 is 0. The van der Waals surface area contributed by atoms with Crippen molar-refractivity contribution >= 4 is 37.5 Å². The molecule has 1 saturated heterocycles. The Morgan fingerprint density at radius 1 is 0.286 bits per heavy atom. The summed E-state index contributed by atoms with van der Waals surface area (Å²) < 4.78 is 6.02. The molecule has 204 valence electrons. The minimum Gasteiger partial charge on any atom is -0.303 e. The van der Waals surface area contributed by atoms with Gasteiger partial charge in [-0.3, -0.25) is 0 Å². The van der Waals surface area contributed by atoms with E-state index in [2.05, 4.69) is 190 Å². The van der Waals surface area contributed by atoms with Crippen molar-refractivity contribution in [3.05, 3.63) is 193 Å². The van der Waals surface area contributed by atoms with E-state index in [1.165, 1.54) is 31.9 Å². The SMILES string of the molecule is c1ccc(CN2[Si](c3ccccc3)(c3ccccc3)N(Cc3ccccc3)[Si]2(c2ccccc2)c2ccccc2)cc1. The van der Waals surface area contributed by atoms with Crippen molar-refractivity contribution < 1.29 is 0 Å². The summed E-state index contributed by atoms with van der Waals surface area (Å²) in [6, 6.07) is 67.6. The lowest BCUT2D eigenvalue weighted by Gasteiger charge is -2.71. The number of nitrogens with zero attached hydrogens (tertiary/aromatic N) is 2. The van der Waals surface area contributed by atoms with Crippen LogP contribution in [0.25, 0.3) is 0 Å². The fourth-order valence-electron chi connectivity index (χ4n) is 6.97. The third kappa shape index (κ3) is 4.32. The average molecular weight is 575 g/mol. The Balaban J connectivity index is 1.59. The average Bonchev–Trinajstić information content (AvgIpc) is 3.08. The number of hydrogen-bond donors (Lipinski definition) is 0. The standard InChI is InChI=1S/C38H34N2Si2/c1-7-19-33(20-8-1)31-39-41(35-23-11-3-12-24-35,36-25-13-4-14-26-36)40(32-34-21-9-2-10-22-34)42(39,37-27-15-5-16-28-37)38-29-17-6-18-30-38/h1-30H,31-32H2. The van der Waals surface area contributed by atoms with Crippen LogP contribution in [0, 0.1) is 0 Å². The van der Waals surface area contributed by atoms with E-state index in [-0.39, 0.29) is 0 Å². The van der Waals surface area contributed by atoms with Crippen molar-refractivity contribution in [3.63, 3.8) is 0 Å². The maximum absolute atomic E-state index is 3.01. The molecule has 0 aliphatic carbocycles. The molecule has 7 rings (SSSR count). The Morgan fingerprint density at radius 3 is 0.738 bits per heavy atom. The van der Waals surface area contributed by atoms with Gasteiger partial charge in [-0.15, -0.1) is 0 Å². The van der Waals surface area contributed by atoms with Crippen LogP contribution in [0.3, 0.4) is 0 Å². The molecule has 6 aromatic rings. The van der Waals surface area contributed by atoms with Gasteiger partial charge in [0, 0.05) is 13.1 Å². The van der Waals surface area contributed by atoms with Crippen LogP contribution in [0.4, 0.5) is 0 Å². The molecule has 0 spiro atoms. The van der Waals surface area contributed by atoms with Crippen LogP contribution in [0.15, 0.2) is 182 Å². The number of hydrogen-bond acceptors (Lipinski definition) is 2. The predicted molar refractivity (Wildman–Crippen MR) is 180 cm³/mol. The van der Waals surface area contributed by atoms with Crippen LogP contribution in [0.2, 0.25) is 0 Å². The zero-order chi connectivity index (χ0) is 28.2. The van der Waals surface area contributed by atoms with Crippen LogP contribution >= 0.6 is 0 Å². The van der Waals surface area contributed by atoms with Crippen molar-refractivity contribution in [3.8, 4) is 0 Å². The Morgan fingerprint density at radius 2 is 0.500 bits per heavy atom. The van der Waals surface area contributed by atoms with E-state index in [1.54, 1.807) is 0 Å². The van der Waals surface area contributed by atoms with Crippen molar-refractivity contribution in [2.45, 2.75) is 13.1 Å². The molecule has 1 heterocycles. The Hall–Kier alpha value is -4.33. The smallest absolute Gasteiger partial charge is 0.263 e. The second kappa shape index (κ2) is 11.5. The molecule has 0 radical (unpaired) electrons. The van der Waals surface area contributed by atoms with Gasteiger partial charge in [0.25, 0.3) is 16.8 Å². The largest absolute Gasteiger partial charge is 0.303 e. The highest BCUT2D eigenvalue weighted by atomic mass is 28.5. The summed E-state index contributed by atoms with van der Waals surface area (Å²) in [4.78, 5) is 0. The second-order valence-electron chi connectivity index (χ2n) is 11.0. The van der Waals surface area contributed by atoms with Gasteiger partial charge in [0.05, 0.1) is 0 Å². The van der Waals surface area contributed by atoms with E-state index >= 15 is 0 Å². The lowest BCUT2D eigenvalue weighted by Crippen LogP contribution is -3.05. The summed E-state index contributed by atoms with van der Waals surface area (Å²) in [5.41, 5.74) is 2.70. The highest BCUT2D eigenvalue weighted by Crippen LogP contribution is 2.41. The minimum absolute atomic E-state index is 0.887. The molecule has 1 aliphatic heterocycles. The summed E-state index contributed by atoms with van der Waals surface area (Å²) in [7, 11) is -5.38. The van der Waals surface area contributed by atoms with E-state index < -0.39 is 16.8 Å². The van der Waals surface area contributed by atoms with Crippen LogP contribution in [0.1, 0.15) is 11.1 Å². The third-order valence-corrected chi connectivity index (χ3v) is 20.8. The minimum atomic E-state index is -2.69. The van der Waals surface area contributed by atoms with Gasteiger partial charge >= 0.3 is 0 Å². The fraction of sp³-hybridized carbons (Fsp3) is 0.0526. The molecule has 1 fully saturated rings. The van der Waals surface area contributed by atoms with Crippen LogP contribution in [-0.2, 0) is 13.1 Å². The fourth-order valence-corrected chi connectivity index (χ4v) is 22.6. The zero-order valence-electron chi connectivity index (χ0n) is 23.6. The van der Waals surface area contributed by atoms with Gasteiger partial charge in [-0.05, 0) is 31.9 Å². The van der Waals surface area contributed by atoms with Gasteiger partial charge in [0.2, 0.25) is 0 Å². The topological polar surface area (TPSA) is 6.48 Å². The quantitative estimate of drug-likeness (QED) is 0.221. The maximum atomic E-state index is 3.01. The Bertz CT molecular complexity index is 1490. The first-order chi connectivity index (χ1) is 20.8. The molecule has 2 nitrogen and oxygen atoms in total. The number of rotatable bonds is 8. The van der Waals surface area contributed by atoms with Crippen molar-refractivity contribution in [1.82, 2.24) is 8.46 Å². The molecule has 0 aromatic heterocycles. The lowest BCUT2D eigenvalue weighted by atomic mass is 10.2. The Kier molecular flexibility index (Phi) is 7.28. The summed E-state index contributed by atoms with van der Waals surface area (Å²) in [6.45, 7) is 1.77. The highest BCUT2D eigenvalue weighted by molar-refractivity contribution is 7.24. The van der Waals surface area contributed by atoms with Gasteiger partial charge in [0.15, 0.2) is 0 Å². The van der Waals surface area contributed by atoms with Gasteiger partial charge in [-0.1, -0.05) is 182 Å². The molecule has 0 bridgehead atoms. The summed E-state index contributed by atoms with van der Waals surface area (Å²) in [5.74, 6) is 0. The van der Waals surface area contributed by atoms with Crippen molar-refractivity contribution in [2.75, 3.05) is 0 Å². The van der Waals surface area contributed by atoms with Gasteiger partial charge < -0.3 is 8.46 Å². The van der Waals surface area contributed by atoms with Gasteiger partial charge in [0.1, 0.15) is 0 Å². The van der Waals surface area contributed by atoms with Crippen molar-refractivity contribution in [2.24, 2.45) is 0 Å². The molecule has 0 unspecified atom stereocenters. The first-order valence-corrected chi connectivity index (χ1v) is 18.5. The Labute approximate surface area is 251 Å². The first-order valence-electron chi connectivity index (χ1n) is 14.7. The maximum Gasteiger partial charge on any atom is 0.263 e. The molecule has 0 atom stereocenters. The van der Waals surface area contributed by atoms with Gasteiger partial charge in [-0.2, -0.15) is 0 Å². The van der Waals surface area contributed by atoms with E-state index in [0.29, 0.717) is 0 Å². The van der Waals surface area contributed by atoms with E-state index in [1.807, 2.05) is 0 Å². The molecule has 0 N–H and O–H groups in total. The van der Waals surface area contributed by atoms with E-state index in [0.717, 1.165) is 13.1 Å². The first kappa shape index (κ1) is 26.6. The summed E-state index contributed by atoms with van der Waals surface area (Å²) in [5, 5.41) is 5.71. The lowest BCUT2D eigenvalue weighted by molar-refractivity contribution is 0.404. The monoisotopic (exact) mass is 574 g/mol.